The number of halogens is 1. The van der Waals surface area contributed by atoms with Gasteiger partial charge in [0.2, 0.25) is 5.91 Å². The average Bonchev–Trinajstić information content (AvgIpc) is 3.16. The second kappa shape index (κ2) is 10.1. The van der Waals surface area contributed by atoms with Gasteiger partial charge in [-0.15, -0.1) is 0 Å². The highest BCUT2D eigenvalue weighted by molar-refractivity contribution is 6.30. The fraction of sp³-hybridized carbons (Fsp3) is 0.407. The maximum Gasteiger partial charge on any atom is 0.407 e. The lowest BCUT2D eigenvalue weighted by atomic mass is 9.92. The zero-order valence-electron chi connectivity index (χ0n) is 20.0. The number of H-pyrrole nitrogens is 1. The van der Waals surface area contributed by atoms with E-state index >= 15 is 0 Å². The lowest BCUT2D eigenvalue weighted by Crippen LogP contribution is -2.40. The lowest BCUT2D eigenvalue weighted by Gasteiger charge is -2.36. The van der Waals surface area contributed by atoms with Crippen LogP contribution in [0, 0.1) is 0 Å². The van der Waals surface area contributed by atoms with E-state index in [0.717, 1.165) is 23.2 Å². The summed E-state index contributed by atoms with van der Waals surface area (Å²) in [7, 11) is 0. The molecule has 2 heterocycles. The number of benzene rings is 2. The Morgan fingerprint density at radius 3 is 2.59 bits per heavy atom. The summed E-state index contributed by atoms with van der Waals surface area (Å²) in [6.45, 7) is 6.64. The Morgan fingerprint density at radius 1 is 1.12 bits per heavy atom. The van der Waals surface area contributed by atoms with Gasteiger partial charge in [-0.2, -0.15) is 0 Å². The second-order valence-electron chi connectivity index (χ2n) is 9.74. The number of aromatic amines is 1. The van der Waals surface area contributed by atoms with Crippen LogP contribution in [0.2, 0.25) is 5.02 Å². The molecular weight excluding hydrogens is 450 g/mol. The SMILES string of the molecule is CC(C)(C)OC(=O)NCCCCC(=O)N1CCc2c([nH]c3ccccc23)C1c1ccc(Cl)cc1. The van der Waals surface area contributed by atoms with Gasteiger partial charge < -0.3 is 19.9 Å². The van der Waals surface area contributed by atoms with Gasteiger partial charge in [-0.1, -0.05) is 41.9 Å². The highest BCUT2D eigenvalue weighted by Crippen LogP contribution is 2.39. The van der Waals surface area contributed by atoms with Crippen LogP contribution in [0.15, 0.2) is 48.5 Å². The number of carbonyl (C=O) groups excluding carboxylic acids is 2. The van der Waals surface area contributed by atoms with E-state index in [2.05, 4.69) is 28.5 Å². The summed E-state index contributed by atoms with van der Waals surface area (Å²) < 4.78 is 5.25. The van der Waals surface area contributed by atoms with Gasteiger partial charge in [0.1, 0.15) is 5.60 Å². The van der Waals surface area contributed by atoms with Crippen LogP contribution in [0.25, 0.3) is 10.9 Å². The maximum atomic E-state index is 13.3. The molecule has 1 aliphatic heterocycles. The highest BCUT2D eigenvalue weighted by Gasteiger charge is 2.34. The molecular formula is C27H32ClN3O3. The first kappa shape index (κ1) is 24.1. The van der Waals surface area contributed by atoms with E-state index in [1.165, 1.54) is 10.9 Å². The van der Waals surface area contributed by atoms with Gasteiger partial charge in [0.25, 0.3) is 0 Å². The van der Waals surface area contributed by atoms with Gasteiger partial charge in [-0.25, -0.2) is 4.79 Å². The van der Waals surface area contributed by atoms with Crippen LogP contribution in [0.4, 0.5) is 4.79 Å². The zero-order chi connectivity index (χ0) is 24.3. The first-order valence-electron chi connectivity index (χ1n) is 11.8. The average molecular weight is 482 g/mol. The number of ether oxygens (including phenoxy) is 1. The van der Waals surface area contributed by atoms with E-state index in [1.54, 1.807) is 0 Å². The molecule has 2 N–H and O–H groups in total. The number of amides is 2. The molecule has 0 saturated carbocycles. The molecule has 1 aromatic heterocycles. The van der Waals surface area contributed by atoms with E-state index in [-0.39, 0.29) is 11.9 Å². The number of fused-ring (bicyclic) bond motifs is 3. The summed E-state index contributed by atoms with van der Waals surface area (Å²) in [5, 5.41) is 4.65. The molecule has 0 aliphatic carbocycles. The van der Waals surface area contributed by atoms with Crippen molar-refractivity contribution in [2.75, 3.05) is 13.1 Å². The van der Waals surface area contributed by atoms with Crippen LogP contribution < -0.4 is 5.32 Å². The first-order valence-corrected chi connectivity index (χ1v) is 12.2. The molecule has 34 heavy (non-hydrogen) atoms. The van der Waals surface area contributed by atoms with Gasteiger partial charge in [0.05, 0.1) is 6.04 Å². The standard InChI is InChI=1S/C27H32ClN3O3/c1-27(2,3)34-26(33)29-16-7-6-10-23(32)31-17-15-21-20-8-4-5-9-22(20)30-24(21)25(31)18-11-13-19(28)14-12-18/h4-5,8-9,11-14,25,30H,6-7,10,15-17H2,1-3H3,(H,29,33). The molecule has 1 aliphatic rings. The van der Waals surface area contributed by atoms with Crippen molar-refractivity contribution >= 4 is 34.5 Å². The van der Waals surface area contributed by atoms with Gasteiger partial charge in [-0.3, -0.25) is 4.79 Å². The van der Waals surface area contributed by atoms with E-state index in [0.29, 0.717) is 37.4 Å². The van der Waals surface area contributed by atoms with Crippen molar-refractivity contribution < 1.29 is 14.3 Å². The Hall–Kier alpha value is -2.99. The van der Waals surface area contributed by atoms with Crippen molar-refractivity contribution in [3.05, 3.63) is 70.4 Å². The Labute approximate surface area is 205 Å². The van der Waals surface area contributed by atoms with Crippen LogP contribution in [0.1, 0.15) is 62.9 Å². The van der Waals surface area contributed by atoms with Crippen LogP contribution in [0.3, 0.4) is 0 Å². The molecule has 180 valence electrons. The molecule has 2 aromatic carbocycles. The monoisotopic (exact) mass is 481 g/mol. The number of hydrogen-bond donors (Lipinski definition) is 2. The summed E-state index contributed by atoms with van der Waals surface area (Å²) in [4.78, 5) is 30.7. The zero-order valence-corrected chi connectivity index (χ0v) is 20.7. The van der Waals surface area contributed by atoms with E-state index < -0.39 is 11.7 Å². The van der Waals surface area contributed by atoms with Crippen LogP contribution >= 0.6 is 11.6 Å². The second-order valence-corrected chi connectivity index (χ2v) is 10.2. The van der Waals surface area contributed by atoms with E-state index in [1.807, 2.05) is 56.0 Å². The molecule has 2 amide bonds. The van der Waals surface area contributed by atoms with Crippen molar-refractivity contribution in [1.29, 1.82) is 0 Å². The number of hydrogen-bond acceptors (Lipinski definition) is 3. The fourth-order valence-electron chi connectivity index (χ4n) is 4.55. The predicted molar refractivity (Wildman–Crippen MR) is 135 cm³/mol. The van der Waals surface area contributed by atoms with Gasteiger partial charge in [0.15, 0.2) is 0 Å². The summed E-state index contributed by atoms with van der Waals surface area (Å²) in [6.07, 6.45) is 2.22. The van der Waals surface area contributed by atoms with Crippen LogP contribution in [0.5, 0.6) is 0 Å². The van der Waals surface area contributed by atoms with Crippen molar-refractivity contribution in [2.24, 2.45) is 0 Å². The molecule has 0 bridgehead atoms. The largest absolute Gasteiger partial charge is 0.444 e. The number of rotatable bonds is 6. The molecule has 1 unspecified atom stereocenters. The summed E-state index contributed by atoms with van der Waals surface area (Å²) in [5.74, 6) is 0.113. The lowest BCUT2D eigenvalue weighted by molar-refractivity contribution is -0.133. The predicted octanol–water partition coefficient (Wildman–Crippen LogP) is 5.99. The van der Waals surface area contributed by atoms with Gasteiger partial charge in [0, 0.05) is 41.1 Å². The number of para-hydroxylation sites is 1. The number of unbranched alkanes of at least 4 members (excludes halogenated alkanes) is 1. The Balaban J connectivity index is 1.45. The number of aromatic nitrogens is 1. The fourth-order valence-corrected chi connectivity index (χ4v) is 4.68. The number of carbonyl (C=O) groups is 2. The summed E-state index contributed by atoms with van der Waals surface area (Å²) >= 11 is 6.14. The van der Waals surface area contributed by atoms with Crippen molar-refractivity contribution in [1.82, 2.24) is 15.2 Å². The quantitative estimate of drug-likeness (QED) is 0.424. The van der Waals surface area contributed by atoms with E-state index in [4.69, 9.17) is 16.3 Å². The Bertz CT molecular complexity index is 1160. The number of nitrogens with one attached hydrogen (secondary N) is 2. The minimum atomic E-state index is -0.521. The molecule has 0 spiro atoms. The molecule has 0 saturated heterocycles. The van der Waals surface area contributed by atoms with Crippen LogP contribution in [-0.4, -0.2) is 40.6 Å². The third kappa shape index (κ3) is 5.55. The Morgan fingerprint density at radius 2 is 1.85 bits per heavy atom. The Kier molecular flexibility index (Phi) is 7.17. The van der Waals surface area contributed by atoms with Gasteiger partial charge >= 0.3 is 6.09 Å². The minimum Gasteiger partial charge on any atom is -0.444 e. The molecule has 3 aromatic rings. The summed E-state index contributed by atoms with van der Waals surface area (Å²) in [6, 6.07) is 15.9. The van der Waals surface area contributed by atoms with Crippen LogP contribution in [-0.2, 0) is 16.0 Å². The molecule has 0 fully saturated rings. The topological polar surface area (TPSA) is 74.4 Å². The number of nitrogens with zero attached hydrogens (tertiary/aromatic N) is 1. The summed E-state index contributed by atoms with van der Waals surface area (Å²) in [5.41, 5.74) is 3.97. The van der Waals surface area contributed by atoms with E-state index in [9.17, 15) is 9.59 Å². The van der Waals surface area contributed by atoms with Crippen molar-refractivity contribution in [3.63, 3.8) is 0 Å². The third-order valence-corrected chi connectivity index (χ3v) is 6.28. The normalized spacial score (nSPS) is 15.8. The smallest absolute Gasteiger partial charge is 0.407 e. The molecule has 1 atom stereocenters. The molecule has 6 nitrogen and oxygen atoms in total. The maximum absolute atomic E-state index is 13.3. The first-order chi connectivity index (χ1) is 16.2. The minimum absolute atomic E-state index is 0.113. The van der Waals surface area contributed by atoms with Gasteiger partial charge in [-0.05, 0) is 69.4 Å². The number of alkyl carbamates (subject to hydrolysis) is 1. The molecule has 7 heteroatoms. The van der Waals surface area contributed by atoms with Crippen molar-refractivity contribution in [3.8, 4) is 0 Å². The highest BCUT2D eigenvalue weighted by atomic mass is 35.5. The molecule has 4 rings (SSSR count). The molecule has 0 radical (unpaired) electrons. The van der Waals surface area contributed by atoms with Crippen molar-refractivity contribution in [2.45, 2.75) is 58.1 Å². The third-order valence-electron chi connectivity index (χ3n) is 6.03.